The van der Waals surface area contributed by atoms with E-state index in [0.717, 1.165) is 11.1 Å². The van der Waals surface area contributed by atoms with E-state index in [0.29, 0.717) is 27.8 Å². The Bertz CT molecular complexity index is 1340. The molecular formula is C31H29ClN2O4. The minimum atomic E-state index is -0.908. The van der Waals surface area contributed by atoms with Gasteiger partial charge in [0, 0.05) is 17.3 Å². The molecule has 194 valence electrons. The summed E-state index contributed by atoms with van der Waals surface area (Å²) in [5, 5.41) is 3.57. The van der Waals surface area contributed by atoms with Gasteiger partial charge in [-0.25, -0.2) is 0 Å². The van der Waals surface area contributed by atoms with Gasteiger partial charge in [0.2, 0.25) is 5.91 Å². The minimum Gasteiger partial charge on any atom is -0.497 e. The zero-order valence-electron chi connectivity index (χ0n) is 21.3. The highest BCUT2D eigenvalue weighted by molar-refractivity contribution is 6.30. The topological polar surface area (TPSA) is 67.9 Å². The van der Waals surface area contributed by atoms with Gasteiger partial charge in [-0.05, 0) is 65.2 Å². The third-order valence-corrected chi connectivity index (χ3v) is 6.39. The smallest absolute Gasteiger partial charge is 0.251 e. The molecule has 38 heavy (non-hydrogen) atoms. The number of hydrogen-bond acceptors (Lipinski definition) is 4. The first kappa shape index (κ1) is 26.8. The number of rotatable bonds is 10. The Morgan fingerprint density at radius 1 is 0.763 bits per heavy atom. The van der Waals surface area contributed by atoms with Gasteiger partial charge in [0.05, 0.1) is 20.6 Å². The van der Waals surface area contributed by atoms with Crippen molar-refractivity contribution in [1.29, 1.82) is 0 Å². The molecular weight excluding hydrogens is 500 g/mol. The Morgan fingerprint density at radius 3 is 1.92 bits per heavy atom. The molecule has 0 aliphatic rings. The Balaban J connectivity index is 1.73. The second-order valence-electron chi connectivity index (χ2n) is 8.70. The number of ether oxygens (including phenoxy) is 2. The predicted octanol–water partition coefficient (Wildman–Crippen LogP) is 6.31. The Morgan fingerprint density at radius 2 is 1.34 bits per heavy atom. The molecule has 0 saturated carbocycles. The molecule has 6 nitrogen and oxygen atoms in total. The van der Waals surface area contributed by atoms with Crippen LogP contribution in [0.2, 0.25) is 5.02 Å². The monoisotopic (exact) mass is 528 g/mol. The van der Waals surface area contributed by atoms with E-state index in [9.17, 15) is 9.59 Å². The largest absolute Gasteiger partial charge is 0.497 e. The standard InChI is InChI=1S/C31H29ClN2O4/c1-37-27-16-10-24(11-17-27)30(31(36)33-26-14-18-28(38-2)19-15-26)34(21-23-8-12-25(32)13-9-23)29(35)20-22-6-4-3-5-7-22/h3-19,30H,20-21H2,1-2H3,(H,33,36). The average Bonchev–Trinajstić information content (AvgIpc) is 2.95. The first-order chi connectivity index (χ1) is 18.5. The number of nitrogens with zero attached hydrogens (tertiary/aromatic N) is 1. The van der Waals surface area contributed by atoms with Crippen LogP contribution in [-0.2, 0) is 22.6 Å². The molecule has 1 atom stereocenters. The van der Waals surface area contributed by atoms with Crippen LogP contribution in [0.5, 0.6) is 11.5 Å². The van der Waals surface area contributed by atoms with Crippen molar-refractivity contribution in [3.05, 3.63) is 125 Å². The normalized spacial score (nSPS) is 11.3. The van der Waals surface area contributed by atoms with Crippen LogP contribution >= 0.6 is 11.6 Å². The molecule has 4 aromatic rings. The van der Waals surface area contributed by atoms with Crippen LogP contribution in [0.4, 0.5) is 5.69 Å². The summed E-state index contributed by atoms with van der Waals surface area (Å²) in [4.78, 5) is 29.3. The molecule has 7 heteroatoms. The van der Waals surface area contributed by atoms with Crippen LogP contribution < -0.4 is 14.8 Å². The van der Waals surface area contributed by atoms with Crippen molar-refractivity contribution in [3.63, 3.8) is 0 Å². The molecule has 1 unspecified atom stereocenters. The van der Waals surface area contributed by atoms with Gasteiger partial charge >= 0.3 is 0 Å². The van der Waals surface area contributed by atoms with E-state index < -0.39 is 6.04 Å². The second-order valence-corrected chi connectivity index (χ2v) is 9.14. The maximum atomic E-state index is 13.9. The van der Waals surface area contributed by atoms with Crippen LogP contribution in [0, 0.1) is 0 Å². The third-order valence-electron chi connectivity index (χ3n) is 6.13. The molecule has 4 rings (SSSR count). The van der Waals surface area contributed by atoms with Crippen molar-refractivity contribution in [1.82, 2.24) is 4.90 Å². The fourth-order valence-electron chi connectivity index (χ4n) is 4.13. The van der Waals surface area contributed by atoms with Gasteiger partial charge in [-0.1, -0.05) is 66.2 Å². The fourth-order valence-corrected chi connectivity index (χ4v) is 4.25. The Kier molecular flexibility index (Phi) is 9.01. The number of amides is 2. The lowest BCUT2D eigenvalue weighted by Crippen LogP contribution is -2.41. The summed E-state index contributed by atoms with van der Waals surface area (Å²) in [5.74, 6) is 0.813. The molecule has 1 N–H and O–H groups in total. The van der Waals surface area contributed by atoms with E-state index in [1.807, 2.05) is 54.6 Å². The molecule has 0 heterocycles. The van der Waals surface area contributed by atoms with Gasteiger partial charge in [0.25, 0.3) is 5.91 Å². The van der Waals surface area contributed by atoms with Crippen LogP contribution in [0.25, 0.3) is 0 Å². The number of carbonyl (C=O) groups is 2. The van der Waals surface area contributed by atoms with Crippen LogP contribution in [0.1, 0.15) is 22.7 Å². The number of methoxy groups -OCH3 is 2. The molecule has 0 bridgehead atoms. The second kappa shape index (κ2) is 12.8. The van der Waals surface area contributed by atoms with Crippen molar-refractivity contribution in [2.45, 2.75) is 19.0 Å². The average molecular weight is 529 g/mol. The molecule has 0 radical (unpaired) electrons. The van der Waals surface area contributed by atoms with Gasteiger partial charge in [-0.2, -0.15) is 0 Å². The molecule has 2 amide bonds. The number of carbonyl (C=O) groups excluding carboxylic acids is 2. The van der Waals surface area contributed by atoms with Crippen molar-refractivity contribution in [2.75, 3.05) is 19.5 Å². The molecule has 0 aliphatic carbocycles. The highest BCUT2D eigenvalue weighted by atomic mass is 35.5. The molecule has 0 spiro atoms. The van der Waals surface area contributed by atoms with E-state index in [4.69, 9.17) is 21.1 Å². The van der Waals surface area contributed by atoms with E-state index in [1.165, 1.54) is 0 Å². The SMILES string of the molecule is COc1ccc(NC(=O)C(c2ccc(OC)cc2)N(Cc2ccc(Cl)cc2)C(=O)Cc2ccccc2)cc1. The van der Waals surface area contributed by atoms with Crippen molar-refractivity contribution in [2.24, 2.45) is 0 Å². The lowest BCUT2D eigenvalue weighted by molar-refractivity contribution is -0.139. The predicted molar refractivity (Wildman–Crippen MR) is 150 cm³/mol. The summed E-state index contributed by atoms with van der Waals surface area (Å²) in [6, 6.07) is 30.1. The number of halogens is 1. The quantitative estimate of drug-likeness (QED) is 0.262. The van der Waals surface area contributed by atoms with E-state index >= 15 is 0 Å². The zero-order valence-corrected chi connectivity index (χ0v) is 22.0. The molecule has 0 fully saturated rings. The number of benzene rings is 4. The summed E-state index contributed by atoms with van der Waals surface area (Å²) in [6.07, 6.45) is 0.150. The van der Waals surface area contributed by atoms with Gasteiger partial charge < -0.3 is 19.7 Å². The lowest BCUT2D eigenvalue weighted by atomic mass is 10.0. The van der Waals surface area contributed by atoms with E-state index in [-0.39, 0.29) is 24.8 Å². The first-order valence-corrected chi connectivity index (χ1v) is 12.5. The van der Waals surface area contributed by atoms with Crippen LogP contribution in [-0.4, -0.2) is 30.9 Å². The maximum Gasteiger partial charge on any atom is 0.251 e. The molecule has 4 aromatic carbocycles. The molecule has 0 aliphatic heterocycles. The highest BCUT2D eigenvalue weighted by Crippen LogP contribution is 2.28. The number of nitrogens with one attached hydrogen (secondary N) is 1. The molecule has 0 saturated heterocycles. The number of hydrogen-bond donors (Lipinski definition) is 1. The summed E-state index contributed by atoms with van der Waals surface area (Å²) in [7, 11) is 3.17. The summed E-state index contributed by atoms with van der Waals surface area (Å²) < 4.78 is 10.5. The summed E-state index contributed by atoms with van der Waals surface area (Å²) >= 11 is 6.10. The lowest BCUT2D eigenvalue weighted by Gasteiger charge is -2.32. The third kappa shape index (κ3) is 6.93. The fraction of sp³-hybridized carbons (Fsp3) is 0.161. The summed E-state index contributed by atoms with van der Waals surface area (Å²) in [6.45, 7) is 0.218. The van der Waals surface area contributed by atoms with Crippen molar-refractivity contribution < 1.29 is 19.1 Å². The van der Waals surface area contributed by atoms with Gasteiger partial charge in [0.15, 0.2) is 0 Å². The Hall–Kier alpha value is -4.29. The van der Waals surface area contributed by atoms with Crippen molar-refractivity contribution >= 4 is 29.1 Å². The van der Waals surface area contributed by atoms with E-state index in [1.54, 1.807) is 67.7 Å². The first-order valence-electron chi connectivity index (χ1n) is 12.1. The minimum absolute atomic E-state index is 0.150. The highest BCUT2D eigenvalue weighted by Gasteiger charge is 2.32. The van der Waals surface area contributed by atoms with Crippen LogP contribution in [0.15, 0.2) is 103 Å². The van der Waals surface area contributed by atoms with Crippen LogP contribution in [0.3, 0.4) is 0 Å². The number of anilines is 1. The van der Waals surface area contributed by atoms with E-state index in [2.05, 4.69) is 5.32 Å². The zero-order chi connectivity index (χ0) is 26.9. The molecule has 0 aromatic heterocycles. The summed E-state index contributed by atoms with van der Waals surface area (Å²) in [5.41, 5.74) is 2.97. The van der Waals surface area contributed by atoms with Gasteiger partial charge in [0.1, 0.15) is 17.5 Å². The van der Waals surface area contributed by atoms with Gasteiger partial charge in [-0.3, -0.25) is 9.59 Å². The van der Waals surface area contributed by atoms with Gasteiger partial charge in [-0.15, -0.1) is 0 Å². The Labute approximate surface area is 227 Å². The maximum absolute atomic E-state index is 13.9. The van der Waals surface area contributed by atoms with Crippen molar-refractivity contribution in [3.8, 4) is 11.5 Å².